The third-order valence-electron chi connectivity index (χ3n) is 4.14. The smallest absolute Gasteiger partial charge is 0.161 e. The van der Waals surface area contributed by atoms with E-state index in [1.165, 1.54) is 4.70 Å². The fourth-order valence-electron chi connectivity index (χ4n) is 2.82. The Morgan fingerprint density at radius 1 is 0.720 bits per heavy atom. The van der Waals surface area contributed by atoms with Crippen LogP contribution in [0.2, 0.25) is 0 Å². The van der Waals surface area contributed by atoms with Gasteiger partial charge in [0, 0.05) is 5.56 Å². The van der Waals surface area contributed by atoms with Crippen LogP contribution in [0.1, 0.15) is 0 Å². The van der Waals surface area contributed by atoms with Crippen molar-refractivity contribution in [2.75, 3.05) is 14.2 Å². The van der Waals surface area contributed by atoms with Crippen LogP contribution in [-0.4, -0.2) is 19.2 Å². The summed E-state index contributed by atoms with van der Waals surface area (Å²) in [5, 5.41) is 1.04. The Balaban J connectivity index is 1.68. The Bertz CT molecular complexity index is 989. The first-order valence-corrected chi connectivity index (χ1v) is 8.78. The van der Waals surface area contributed by atoms with Crippen molar-refractivity contribution in [1.82, 2.24) is 4.98 Å². The van der Waals surface area contributed by atoms with E-state index in [0.29, 0.717) is 0 Å². The van der Waals surface area contributed by atoms with Gasteiger partial charge in [-0.1, -0.05) is 42.5 Å². The number of thiazole rings is 1. The van der Waals surface area contributed by atoms with Crippen LogP contribution in [0.3, 0.4) is 0 Å². The summed E-state index contributed by atoms with van der Waals surface area (Å²) in [4.78, 5) is 4.72. The quantitative estimate of drug-likeness (QED) is 0.478. The van der Waals surface area contributed by atoms with Crippen molar-refractivity contribution in [2.45, 2.75) is 0 Å². The molecule has 0 aliphatic heterocycles. The number of para-hydroxylation sites is 1. The molecule has 0 saturated carbocycles. The van der Waals surface area contributed by atoms with E-state index < -0.39 is 0 Å². The van der Waals surface area contributed by atoms with Crippen molar-refractivity contribution in [3.63, 3.8) is 0 Å². The first-order chi connectivity index (χ1) is 12.3. The standard InChI is InChI=1S/C21H17NO2S/c1-23-18-12-11-16(13-19(18)24-2)14-7-9-15(10-8-14)21-22-17-5-3-4-6-20(17)25-21/h3-13H,1-2H3. The van der Waals surface area contributed by atoms with E-state index in [4.69, 9.17) is 14.5 Å². The van der Waals surface area contributed by atoms with E-state index >= 15 is 0 Å². The van der Waals surface area contributed by atoms with Crippen LogP contribution in [-0.2, 0) is 0 Å². The summed E-state index contributed by atoms with van der Waals surface area (Å²) in [6.45, 7) is 0. The zero-order valence-corrected chi connectivity index (χ0v) is 14.8. The predicted molar refractivity (Wildman–Crippen MR) is 104 cm³/mol. The molecule has 1 heterocycles. The molecule has 0 unspecified atom stereocenters. The number of fused-ring (bicyclic) bond motifs is 1. The molecule has 25 heavy (non-hydrogen) atoms. The molecule has 4 heteroatoms. The van der Waals surface area contributed by atoms with Crippen LogP contribution in [0.5, 0.6) is 11.5 Å². The number of rotatable bonds is 4. The number of nitrogens with zero attached hydrogens (tertiary/aromatic N) is 1. The van der Waals surface area contributed by atoms with Gasteiger partial charge in [0.25, 0.3) is 0 Å². The maximum Gasteiger partial charge on any atom is 0.161 e. The Morgan fingerprint density at radius 2 is 1.40 bits per heavy atom. The minimum absolute atomic E-state index is 0.732. The average molecular weight is 347 g/mol. The van der Waals surface area contributed by atoms with Crippen molar-refractivity contribution in [1.29, 1.82) is 0 Å². The van der Waals surface area contributed by atoms with Crippen LogP contribution in [0.15, 0.2) is 66.7 Å². The van der Waals surface area contributed by atoms with Gasteiger partial charge in [0.15, 0.2) is 11.5 Å². The summed E-state index contributed by atoms with van der Waals surface area (Å²) in [7, 11) is 3.29. The van der Waals surface area contributed by atoms with Crippen molar-refractivity contribution in [3.05, 3.63) is 66.7 Å². The first-order valence-electron chi connectivity index (χ1n) is 7.97. The minimum atomic E-state index is 0.732. The highest BCUT2D eigenvalue weighted by Crippen LogP contribution is 2.34. The van der Waals surface area contributed by atoms with Gasteiger partial charge in [-0.25, -0.2) is 4.98 Å². The predicted octanol–water partition coefficient (Wildman–Crippen LogP) is 5.65. The van der Waals surface area contributed by atoms with Crippen LogP contribution in [0.4, 0.5) is 0 Å². The van der Waals surface area contributed by atoms with Crippen molar-refractivity contribution in [2.24, 2.45) is 0 Å². The third-order valence-corrected chi connectivity index (χ3v) is 5.23. The minimum Gasteiger partial charge on any atom is -0.493 e. The second-order valence-corrected chi connectivity index (χ2v) is 6.66. The van der Waals surface area contributed by atoms with E-state index in [1.807, 2.05) is 36.4 Å². The molecule has 0 radical (unpaired) electrons. The second kappa shape index (κ2) is 6.57. The Kier molecular flexibility index (Phi) is 4.12. The summed E-state index contributed by atoms with van der Waals surface area (Å²) in [5.74, 6) is 1.47. The number of benzene rings is 3. The van der Waals surface area contributed by atoms with Crippen LogP contribution >= 0.6 is 11.3 Å². The van der Waals surface area contributed by atoms with E-state index in [2.05, 4.69) is 30.3 Å². The summed E-state index contributed by atoms with van der Waals surface area (Å²) in [5.41, 5.74) is 4.40. The molecule has 1 aromatic heterocycles. The molecule has 0 bridgehead atoms. The maximum absolute atomic E-state index is 5.39. The molecule has 4 aromatic rings. The highest BCUT2D eigenvalue weighted by Gasteiger charge is 2.08. The molecule has 0 N–H and O–H groups in total. The van der Waals surface area contributed by atoms with Gasteiger partial charge in [-0.2, -0.15) is 0 Å². The largest absolute Gasteiger partial charge is 0.493 e. The molecule has 0 atom stereocenters. The fourth-order valence-corrected chi connectivity index (χ4v) is 3.79. The van der Waals surface area contributed by atoms with E-state index in [1.54, 1.807) is 25.6 Å². The van der Waals surface area contributed by atoms with Crippen molar-refractivity contribution < 1.29 is 9.47 Å². The Labute approximate surface area is 150 Å². The highest BCUT2D eigenvalue weighted by atomic mass is 32.1. The van der Waals surface area contributed by atoms with Crippen molar-refractivity contribution in [3.8, 4) is 33.2 Å². The summed E-state index contributed by atoms with van der Waals surface area (Å²) in [6.07, 6.45) is 0. The van der Waals surface area contributed by atoms with Crippen LogP contribution in [0, 0.1) is 0 Å². The van der Waals surface area contributed by atoms with E-state index in [0.717, 1.165) is 38.7 Å². The molecule has 0 aliphatic rings. The highest BCUT2D eigenvalue weighted by molar-refractivity contribution is 7.21. The molecular weight excluding hydrogens is 330 g/mol. The summed E-state index contributed by atoms with van der Waals surface area (Å²) >= 11 is 1.72. The average Bonchev–Trinajstić information content (AvgIpc) is 3.12. The van der Waals surface area contributed by atoms with Gasteiger partial charge in [-0.3, -0.25) is 0 Å². The first kappa shape index (κ1) is 15.7. The molecule has 0 saturated heterocycles. The number of methoxy groups -OCH3 is 2. The summed E-state index contributed by atoms with van der Waals surface area (Å²) < 4.78 is 11.9. The third kappa shape index (κ3) is 2.96. The molecular formula is C21H17NO2S. The molecule has 0 fully saturated rings. The topological polar surface area (TPSA) is 31.4 Å². The Morgan fingerprint density at radius 3 is 2.12 bits per heavy atom. The van der Waals surface area contributed by atoms with E-state index in [9.17, 15) is 0 Å². The molecule has 3 nitrogen and oxygen atoms in total. The monoisotopic (exact) mass is 347 g/mol. The molecule has 0 aliphatic carbocycles. The van der Waals surface area contributed by atoms with Gasteiger partial charge in [0.1, 0.15) is 5.01 Å². The van der Waals surface area contributed by atoms with Gasteiger partial charge >= 0.3 is 0 Å². The zero-order valence-electron chi connectivity index (χ0n) is 14.0. The molecule has 0 amide bonds. The zero-order chi connectivity index (χ0) is 17.2. The van der Waals surface area contributed by atoms with Gasteiger partial charge in [-0.05, 0) is 35.4 Å². The molecule has 0 spiro atoms. The van der Waals surface area contributed by atoms with Gasteiger partial charge in [0.05, 0.1) is 24.4 Å². The summed E-state index contributed by atoms with van der Waals surface area (Å²) in [6, 6.07) is 22.6. The lowest BCUT2D eigenvalue weighted by molar-refractivity contribution is 0.355. The van der Waals surface area contributed by atoms with Gasteiger partial charge in [0.2, 0.25) is 0 Å². The van der Waals surface area contributed by atoms with Gasteiger partial charge < -0.3 is 9.47 Å². The number of hydrogen-bond donors (Lipinski definition) is 0. The molecule has 124 valence electrons. The normalized spacial score (nSPS) is 10.8. The number of hydrogen-bond acceptors (Lipinski definition) is 4. The van der Waals surface area contributed by atoms with Crippen LogP contribution in [0.25, 0.3) is 31.9 Å². The van der Waals surface area contributed by atoms with Gasteiger partial charge in [-0.15, -0.1) is 11.3 Å². The lowest BCUT2D eigenvalue weighted by Gasteiger charge is -2.10. The lowest BCUT2D eigenvalue weighted by Crippen LogP contribution is -1.90. The fraction of sp³-hybridized carbons (Fsp3) is 0.0952. The molecule has 4 rings (SSSR count). The Hall–Kier alpha value is -2.85. The number of ether oxygens (including phenoxy) is 2. The molecule has 3 aromatic carbocycles. The lowest BCUT2D eigenvalue weighted by atomic mass is 10.0. The maximum atomic E-state index is 5.39. The number of aromatic nitrogens is 1. The van der Waals surface area contributed by atoms with E-state index in [-0.39, 0.29) is 0 Å². The van der Waals surface area contributed by atoms with Crippen LogP contribution < -0.4 is 9.47 Å². The second-order valence-electron chi connectivity index (χ2n) is 5.63. The SMILES string of the molecule is COc1ccc(-c2ccc(-c3nc4ccccc4s3)cc2)cc1OC. The van der Waals surface area contributed by atoms with Crippen molar-refractivity contribution >= 4 is 21.6 Å².